The monoisotopic (exact) mass is 381 g/mol. The van der Waals surface area contributed by atoms with Gasteiger partial charge in [0, 0.05) is 31.6 Å². The molecular formula is C23H27NO4. The van der Waals surface area contributed by atoms with Crippen LogP contribution in [0.15, 0.2) is 48.5 Å². The van der Waals surface area contributed by atoms with Crippen molar-refractivity contribution in [2.45, 2.75) is 38.0 Å². The van der Waals surface area contributed by atoms with E-state index in [4.69, 9.17) is 9.84 Å². The summed E-state index contributed by atoms with van der Waals surface area (Å²) in [5, 5.41) is 12.1. The highest BCUT2D eigenvalue weighted by Gasteiger charge is 2.35. The number of ether oxygens (including phenoxy) is 1. The van der Waals surface area contributed by atoms with Gasteiger partial charge >= 0.3 is 5.97 Å². The van der Waals surface area contributed by atoms with Gasteiger partial charge in [-0.25, -0.2) is 4.79 Å². The number of nitrogens with one attached hydrogen (secondary N) is 1. The minimum absolute atomic E-state index is 0.0155. The molecule has 0 spiro atoms. The molecule has 5 heteroatoms. The zero-order valence-corrected chi connectivity index (χ0v) is 16.2. The lowest BCUT2D eigenvalue weighted by Gasteiger charge is -2.39. The zero-order valence-electron chi connectivity index (χ0n) is 16.2. The molecule has 1 aliphatic rings. The number of aryl methyl sites for hydroxylation is 2. The van der Waals surface area contributed by atoms with E-state index in [0.717, 1.165) is 18.4 Å². The van der Waals surface area contributed by atoms with E-state index in [2.05, 4.69) is 30.4 Å². The van der Waals surface area contributed by atoms with Gasteiger partial charge in [0.05, 0.1) is 5.56 Å². The first-order valence-corrected chi connectivity index (χ1v) is 9.73. The Hall–Kier alpha value is -2.66. The van der Waals surface area contributed by atoms with Crippen LogP contribution in [0.2, 0.25) is 0 Å². The fourth-order valence-electron chi connectivity index (χ4n) is 3.90. The van der Waals surface area contributed by atoms with Crippen molar-refractivity contribution in [2.75, 3.05) is 19.8 Å². The highest BCUT2D eigenvalue weighted by atomic mass is 16.5. The highest BCUT2D eigenvalue weighted by molar-refractivity contribution is 5.87. The van der Waals surface area contributed by atoms with E-state index in [1.54, 1.807) is 24.3 Å². The lowest BCUT2D eigenvalue weighted by molar-refractivity contribution is -0.121. The van der Waals surface area contributed by atoms with Crippen LogP contribution in [0.25, 0.3) is 0 Å². The van der Waals surface area contributed by atoms with Gasteiger partial charge in [0.15, 0.2) is 0 Å². The molecule has 3 rings (SSSR count). The summed E-state index contributed by atoms with van der Waals surface area (Å²) in [5.41, 5.74) is 3.68. The number of aromatic carboxylic acids is 1. The summed E-state index contributed by atoms with van der Waals surface area (Å²) in [6.07, 6.45) is 2.77. The molecule has 1 heterocycles. The van der Waals surface area contributed by atoms with Crippen LogP contribution < -0.4 is 5.32 Å². The first-order valence-electron chi connectivity index (χ1n) is 9.73. The van der Waals surface area contributed by atoms with Crippen LogP contribution in [0.4, 0.5) is 0 Å². The van der Waals surface area contributed by atoms with Gasteiger partial charge in [0.1, 0.15) is 0 Å². The second kappa shape index (κ2) is 9.02. The van der Waals surface area contributed by atoms with Crippen molar-refractivity contribution in [2.24, 2.45) is 0 Å². The van der Waals surface area contributed by atoms with E-state index in [-0.39, 0.29) is 16.9 Å². The summed E-state index contributed by atoms with van der Waals surface area (Å²) in [6.45, 7) is 4.15. The molecule has 0 atom stereocenters. The molecule has 0 saturated carbocycles. The summed E-state index contributed by atoms with van der Waals surface area (Å²) in [7, 11) is 0. The number of benzene rings is 2. The van der Waals surface area contributed by atoms with Crippen molar-refractivity contribution in [3.05, 3.63) is 70.8 Å². The maximum absolute atomic E-state index is 12.5. The van der Waals surface area contributed by atoms with Crippen LogP contribution in [-0.4, -0.2) is 36.7 Å². The number of hydrogen-bond donors (Lipinski definition) is 2. The number of carbonyl (C=O) groups is 2. The molecular weight excluding hydrogens is 354 g/mol. The van der Waals surface area contributed by atoms with Crippen LogP contribution >= 0.6 is 0 Å². The topological polar surface area (TPSA) is 75.6 Å². The van der Waals surface area contributed by atoms with E-state index in [1.807, 2.05) is 6.07 Å². The van der Waals surface area contributed by atoms with Gasteiger partial charge in [-0.15, -0.1) is 0 Å². The average Bonchev–Trinajstić information content (AvgIpc) is 2.72. The maximum Gasteiger partial charge on any atom is 0.335 e. The van der Waals surface area contributed by atoms with Crippen LogP contribution in [0.1, 0.15) is 46.3 Å². The Balaban J connectivity index is 1.59. The molecule has 28 heavy (non-hydrogen) atoms. The Morgan fingerprint density at radius 1 is 1.07 bits per heavy atom. The molecule has 0 radical (unpaired) electrons. The lowest BCUT2D eigenvalue weighted by Crippen LogP contribution is -2.45. The van der Waals surface area contributed by atoms with Crippen molar-refractivity contribution in [3.8, 4) is 0 Å². The zero-order chi connectivity index (χ0) is 20.0. The number of carboxylic acids is 1. The van der Waals surface area contributed by atoms with E-state index in [9.17, 15) is 9.59 Å². The number of amides is 1. The molecule has 148 valence electrons. The van der Waals surface area contributed by atoms with Gasteiger partial charge in [0.25, 0.3) is 0 Å². The van der Waals surface area contributed by atoms with Crippen LogP contribution in [0, 0.1) is 6.92 Å². The second-order valence-corrected chi connectivity index (χ2v) is 7.49. The molecule has 1 saturated heterocycles. The minimum Gasteiger partial charge on any atom is -0.478 e. The van der Waals surface area contributed by atoms with Crippen molar-refractivity contribution in [3.63, 3.8) is 0 Å². The van der Waals surface area contributed by atoms with Crippen LogP contribution in [0.3, 0.4) is 0 Å². The molecule has 1 fully saturated rings. The smallest absolute Gasteiger partial charge is 0.335 e. The van der Waals surface area contributed by atoms with Gasteiger partial charge in [-0.3, -0.25) is 4.79 Å². The standard InChI is InChI=1S/C23H27NO4/c1-17-4-2-3-5-20(17)23(12-14-28-15-13-23)16-24-21(25)11-8-18-6-9-19(10-7-18)22(26)27/h2-7,9-10H,8,11-16H2,1H3,(H,24,25)(H,26,27). The number of hydrogen-bond acceptors (Lipinski definition) is 3. The first-order chi connectivity index (χ1) is 13.5. The van der Waals surface area contributed by atoms with Crippen LogP contribution in [0.5, 0.6) is 0 Å². The lowest BCUT2D eigenvalue weighted by atomic mass is 9.72. The molecule has 2 N–H and O–H groups in total. The molecule has 2 aromatic rings. The number of carboxylic acid groups (broad SMARTS) is 1. The van der Waals surface area contributed by atoms with Gasteiger partial charge < -0.3 is 15.2 Å². The van der Waals surface area contributed by atoms with Crippen molar-refractivity contribution in [1.29, 1.82) is 0 Å². The van der Waals surface area contributed by atoms with Crippen molar-refractivity contribution >= 4 is 11.9 Å². The van der Waals surface area contributed by atoms with Crippen molar-refractivity contribution in [1.82, 2.24) is 5.32 Å². The van der Waals surface area contributed by atoms with Gasteiger partial charge in [0.2, 0.25) is 5.91 Å². The Kier molecular flexibility index (Phi) is 6.47. The molecule has 0 aromatic heterocycles. The average molecular weight is 381 g/mol. The molecule has 0 bridgehead atoms. The van der Waals surface area contributed by atoms with Gasteiger partial charge in [-0.05, 0) is 55.0 Å². The van der Waals surface area contributed by atoms with Crippen LogP contribution in [-0.2, 0) is 21.4 Å². The molecule has 0 aliphatic carbocycles. The Labute approximate surface area is 165 Å². The third kappa shape index (κ3) is 4.78. The van der Waals surface area contributed by atoms with E-state index in [0.29, 0.717) is 32.6 Å². The van der Waals surface area contributed by atoms with E-state index in [1.165, 1.54) is 11.1 Å². The SMILES string of the molecule is Cc1ccccc1C1(CNC(=O)CCc2ccc(C(=O)O)cc2)CCOCC1. The summed E-state index contributed by atoms with van der Waals surface area (Å²) >= 11 is 0. The fraction of sp³-hybridized carbons (Fsp3) is 0.391. The van der Waals surface area contributed by atoms with E-state index >= 15 is 0 Å². The largest absolute Gasteiger partial charge is 0.478 e. The minimum atomic E-state index is -0.942. The Morgan fingerprint density at radius 2 is 1.75 bits per heavy atom. The Morgan fingerprint density at radius 3 is 2.39 bits per heavy atom. The fourth-order valence-corrected chi connectivity index (χ4v) is 3.90. The number of rotatable bonds is 7. The molecule has 5 nitrogen and oxygen atoms in total. The quantitative estimate of drug-likeness (QED) is 0.770. The first kappa shape index (κ1) is 20.1. The Bertz CT molecular complexity index is 823. The number of carbonyl (C=O) groups excluding carboxylic acids is 1. The third-order valence-corrected chi connectivity index (χ3v) is 5.63. The predicted octanol–water partition coefficient (Wildman–Crippen LogP) is 3.49. The maximum atomic E-state index is 12.5. The third-order valence-electron chi connectivity index (χ3n) is 5.63. The summed E-state index contributed by atoms with van der Waals surface area (Å²) < 4.78 is 5.57. The highest BCUT2D eigenvalue weighted by Crippen LogP contribution is 2.36. The second-order valence-electron chi connectivity index (χ2n) is 7.49. The molecule has 1 aliphatic heterocycles. The molecule has 2 aromatic carbocycles. The molecule has 1 amide bonds. The predicted molar refractivity (Wildman–Crippen MR) is 108 cm³/mol. The summed E-state index contributed by atoms with van der Waals surface area (Å²) in [4.78, 5) is 23.4. The van der Waals surface area contributed by atoms with Crippen molar-refractivity contribution < 1.29 is 19.4 Å². The summed E-state index contributed by atoms with van der Waals surface area (Å²) in [6, 6.07) is 15.1. The van der Waals surface area contributed by atoms with Gasteiger partial charge in [-0.1, -0.05) is 36.4 Å². The summed E-state index contributed by atoms with van der Waals surface area (Å²) in [5.74, 6) is -0.927. The van der Waals surface area contributed by atoms with E-state index < -0.39 is 5.97 Å². The normalized spacial score (nSPS) is 15.8. The van der Waals surface area contributed by atoms with Gasteiger partial charge in [-0.2, -0.15) is 0 Å². The molecule has 0 unspecified atom stereocenters.